The third kappa shape index (κ3) is 3.53. The number of ether oxygens (including phenoxy) is 3. The summed E-state index contributed by atoms with van der Waals surface area (Å²) < 4.78 is 16.9. The number of amidine groups is 1. The van der Waals surface area contributed by atoms with Crippen molar-refractivity contribution in [2.24, 2.45) is 4.99 Å². The molecule has 5 heterocycles. The van der Waals surface area contributed by atoms with E-state index in [4.69, 9.17) is 24.2 Å². The first-order valence-corrected chi connectivity index (χ1v) is 11.9. The SMILES string of the molecule is c1csc(CN2Cc3cc4cc5c(cc4nc3SC2=NCC2CCCO2)OCO5)c1. The average Bonchev–Trinajstić information content (AvgIpc) is 3.51. The molecule has 0 spiro atoms. The van der Waals surface area contributed by atoms with Crippen LogP contribution in [0, 0.1) is 0 Å². The fourth-order valence-corrected chi connectivity index (χ4v) is 5.72. The second-order valence-electron chi connectivity index (χ2n) is 7.65. The summed E-state index contributed by atoms with van der Waals surface area (Å²) in [5.41, 5.74) is 2.15. The van der Waals surface area contributed by atoms with Gasteiger partial charge in [-0.05, 0) is 48.2 Å². The molecule has 3 aromatic rings. The molecule has 2 aromatic heterocycles. The van der Waals surface area contributed by atoms with Crippen LogP contribution in [-0.2, 0) is 17.8 Å². The summed E-state index contributed by atoms with van der Waals surface area (Å²) in [6, 6.07) is 10.5. The van der Waals surface area contributed by atoms with Crippen LogP contribution in [0.4, 0.5) is 0 Å². The Morgan fingerprint density at radius 2 is 2.13 bits per heavy atom. The topological polar surface area (TPSA) is 56.2 Å². The monoisotopic (exact) mass is 439 g/mol. The van der Waals surface area contributed by atoms with Crippen LogP contribution in [0.3, 0.4) is 0 Å². The van der Waals surface area contributed by atoms with Crippen molar-refractivity contribution in [3.63, 3.8) is 0 Å². The third-order valence-electron chi connectivity index (χ3n) is 5.55. The van der Waals surface area contributed by atoms with Gasteiger partial charge in [-0.25, -0.2) is 4.98 Å². The zero-order chi connectivity index (χ0) is 19.9. The number of thiophene rings is 1. The zero-order valence-corrected chi connectivity index (χ0v) is 18.0. The van der Waals surface area contributed by atoms with E-state index in [-0.39, 0.29) is 12.9 Å². The second-order valence-corrected chi connectivity index (χ2v) is 9.63. The van der Waals surface area contributed by atoms with Gasteiger partial charge in [0.1, 0.15) is 5.03 Å². The maximum Gasteiger partial charge on any atom is 0.231 e. The minimum Gasteiger partial charge on any atom is -0.454 e. The Morgan fingerprint density at radius 3 is 2.97 bits per heavy atom. The molecule has 0 aliphatic carbocycles. The highest BCUT2D eigenvalue weighted by atomic mass is 32.2. The smallest absolute Gasteiger partial charge is 0.231 e. The summed E-state index contributed by atoms with van der Waals surface area (Å²) in [6.45, 7) is 3.49. The molecule has 0 saturated carbocycles. The first-order valence-electron chi connectivity index (χ1n) is 10.2. The molecule has 6 nitrogen and oxygen atoms in total. The molecule has 0 N–H and O–H groups in total. The number of hydrogen-bond acceptors (Lipinski definition) is 7. The van der Waals surface area contributed by atoms with E-state index in [2.05, 4.69) is 28.5 Å². The lowest BCUT2D eigenvalue weighted by atomic mass is 10.1. The van der Waals surface area contributed by atoms with Gasteiger partial charge in [0.15, 0.2) is 16.7 Å². The van der Waals surface area contributed by atoms with Gasteiger partial charge in [0.25, 0.3) is 0 Å². The van der Waals surface area contributed by atoms with Crippen LogP contribution >= 0.6 is 23.1 Å². The van der Waals surface area contributed by atoms with Crippen molar-refractivity contribution < 1.29 is 14.2 Å². The number of pyridine rings is 1. The van der Waals surface area contributed by atoms with Crippen molar-refractivity contribution in [1.29, 1.82) is 0 Å². The maximum atomic E-state index is 5.78. The molecule has 0 radical (unpaired) electrons. The van der Waals surface area contributed by atoms with Gasteiger partial charge in [-0.1, -0.05) is 6.07 Å². The van der Waals surface area contributed by atoms with Crippen LogP contribution in [0.5, 0.6) is 11.5 Å². The minimum atomic E-state index is 0.243. The molecule has 1 aromatic carbocycles. The molecule has 0 amide bonds. The fraction of sp³-hybridized carbons (Fsp3) is 0.364. The Balaban J connectivity index is 1.35. The quantitative estimate of drug-likeness (QED) is 0.589. The number of aliphatic imine (C=N–C) groups is 1. The molecular weight excluding hydrogens is 418 g/mol. The van der Waals surface area contributed by atoms with Gasteiger partial charge in [0.05, 0.1) is 24.7 Å². The van der Waals surface area contributed by atoms with E-state index in [1.54, 1.807) is 23.1 Å². The van der Waals surface area contributed by atoms with Crippen molar-refractivity contribution in [3.8, 4) is 11.5 Å². The van der Waals surface area contributed by atoms with Crippen LogP contribution in [0.25, 0.3) is 10.9 Å². The largest absolute Gasteiger partial charge is 0.454 e. The zero-order valence-electron chi connectivity index (χ0n) is 16.4. The van der Waals surface area contributed by atoms with Crippen LogP contribution in [0.2, 0.25) is 0 Å². The summed E-state index contributed by atoms with van der Waals surface area (Å²) in [7, 11) is 0. The summed E-state index contributed by atoms with van der Waals surface area (Å²) in [4.78, 5) is 13.6. The van der Waals surface area contributed by atoms with E-state index in [9.17, 15) is 0 Å². The van der Waals surface area contributed by atoms with Crippen LogP contribution in [0.15, 0.2) is 45.7 Å². The molecule has 3 aliphatic rings. The lowest BCUT2D eigenvalue weighted by Crippen LogP contribution is -2.32. The molecule has 1 unspecified atom stereocenters. The average molecular weight is 440 g/mol. The summed E-state index contributed by atoms with van der Waals surface area (Å²) in [6.07, 6.45) is 2.47. The minimum absolute atomic E-state index is 0.243. The van der Waals surface area contributed by atoms with Crippen molar-refractivity contribution in [1.82, 2.24) is 9.88 Å². The van der Waals surface area contributed by atoms with E-state index in [0.29, 0.717) is 6.54 Å². The number of nitrogens with zero attached hydrogens (tertiary/aromatic N) is 3. The normalized spacial score (nSPS) is 21.5. The number of thioether (sulfide) groups is 1. The highest BCUT2D eigenvalue weighted by molar-refractivity contribution is 8.13. The van der Waals surface area contributed by atoms with E-state index in [1.807, 2.05) is 12.1 Å². The molecule has 1 saturated heterocycles. The molecule has 1 fully saturated rings. The predicted octanol–water partition coefficient (Wildman–Crippen LogP) is 4.67. The maximum absolute atomic E-state index is 5.78. The number of rotatable bonds is 4. The molecule has 6 rings (SSSR count). The van der Waals surface area contributed by atoms with Crippen LogP contribution in [-0.4, -0.2) is 41.1 Å². The number of benzene rings is 1. The van der Waals surface area contributed by atoms with Gasteiger partial charge in [-0.3, -0.25) is 4.99 Å². The second kappa shape index (κ2) is 7.76. The van der Waals surface area contributed by atoms with Gasteiger partial charge in [-0.2, -0.15) is 0 Å². The van der Waals surface area contributed by atoms with Crippen molar-refractivity contribution in [3.05, 3.63) is 46.2 Å². The van der Waals surface area contributed by atoms with Gasteiger partial charge in [0, 0.05) is 35.0 Å². The Morgan fingerprint density at radius 1 is 1.20 bits per heavy atom. The van der Waals surface area contributed by atoms with E-state index < -0.39 is 0 Å². The molecular formula is C22H21N3O3S2. The lowest BCUT2D eigenvalue weighted by molar-refractivity contribution is 0.117. The molecule has 30 heavy (non-hydrogen) atoms. The van der Waals surface area contributed by atoms with Crippen molar-refractivity contribution in [2.75, 3.05) is 19.9 Å². The molecule has 154 valence electrons. The predicted molar refractivity (Wildman–Crippen MR) is 119 cm³/mol. The van der Waals surface area contributed by atoms with E-state index in [0.717, 1.165) is 65.1 Å². The van der Waals surface area contributed by atoms with Crippen LogP contribution < -0.4 is 9.47 Å². The third-order valence-corrected chi connectivity index (χ3v) is 7.53. The Labute approximate surface area is 182 Å². The number of aromatic nitrogens is 1. The summed E-state index contributed by atoms with van der Waals surface area (Å²) in [5.74, 6) is 1.56. The molecule has 8 heteroatoms. The highest BCUT2D eigenvalue weighted by Crippen LogP contribution is 2.39. The standard InChI is InChI=1S/C22H21N3O3S2/c1-3-16(26-5-1)10-23-22-25(12-17-4-2-6-29-17)11-15-7-14-8-19-20(28-13-27-19)9-18(14)24-21(15)30-22/h2,4,6-9,16H,1,3,5,10-13H2. The van der Waals surface area contributed by atoms with E-state index >= 15 is 0 Å². The van der Waals surface area contributed by atoms with Gasteiger partial charge in [-0.15, -0.1) is 11.3 Å². The first-order chi connectivity index (χ1) is 14.8. The first kappa shape index (κ1) is 18.5. The molecule has 0 bridgehead atoms. The lowest BCUT2D eigenvalue weighted by Gasteiger charge is -2.30. The Bertz CT molecular complexity index is 1110. The Hall–Kier alpha value is -2.29. The van der Waals surface area contributed by atoms with Crippen LogP contribution in [0.1, 0.15) is 23.3 Å². The van der Waals surface area contributed by atoms with E-state index in [1.165, 1.54) is 10.4 Å². The van der Waals surface area contributed by atoms with Gasteiger partial charge in [0.2, 0.25) is 6.79 Å². The number of fused-ring (bicyclic) bond motifs is 3. The highest BCUT2D eigenvalue weighted by Gasteiger charge is 2.26. The summed E-state index contributed by atoms with van der Waals surface area (Å²) >= 11 is 3.44. The Kier molecular flexibility index (Phi) is 4.78. The molecule has 3 aliphatic heterocycles. The number of hydrogen-bond donors (Lipinski definition) is 0. The molecule has 1 atom stereocenters. The van der Waals surface area contributed by atoms with Gasteiger partial charge < -0.3 is 19.1 Å². The van der Waals surface area contributed by atoms with Crippen molar-refractivity contribution in [2.45, 2.75) is 37.1 Å². The summed E-state index contributed by atoms with van der Waals surface area (Å²) in [5, 5.41) is 5.25. The van der Waals surface area contributed by atoms with Crippen molar-refractivity contribution >= 4 is 39.2 Å². The van der Waals surface area contributed by atoms with Gasteiger partial charge >= 0.3 is 0 Å². The fourth-order valence-electron chi connectivity index (χ4n) is 4.03.